The van der Waals surface area contributed by atoms with Crippen molar-refractivity contribution < 1.29 is 9.59 Å². The first kappa shape index (κ1) is 15.5. The average Bonchev–Trinajstić information content (AvgIpc) is 2.94. The minimum atomic E-state index is -0.251. The Hall–Kier alpha value is -2.40. The summed E-state index contributed by atoms with van der Waals surface area (Å²) in [6.45, 7) is 2.54. The van der Waals surface area contributed by atoms with Gasteiger partial charge in [0.05, 0.1) is 16.3 Å². The van der Waals surface area contributed by atoms with E-state index in [-0.39, 0.29) is 11.8 Å². The summed E-state index contributed by atoms with van der Waals surface area (Å²) < 4.78 is 0. The molecular weight excluding hydrogens is 314 g/mol. The van der Waals surface area contributed by atoms with Crippen LogP contribution in [0.5, 0.6) is 0 Å². The highest BCUT2D eigenvalue weighted by Crippen LogP contribution is 2.31. The number of halogens is 1. The standard InChI is InChI=1S/C17H16ClN3O2/c1-11-4-5-12(10-19-11)17(23)20-13-6-7-15(14(18)9-13)21-8-2-3-16(21)22/h4-7,9-10H,2-3,8H2,1H3,(H,20,23). The van der Waals surface area contributed by atoms with Gasteiger partial charge < -0.3 is 10.2 Å². The first-order valence-electron chi connectivity index (χ1n) is 7.38. The van der Waals surface area contributed by atoms with E-state index in [1.165, 1.54) is 6.20 Å². The lowest BCUT2D eigenvalue weighted by atomic mass is 10.2. The number of rotatable bonds is 3. The molecule has 1 aromatic carbocycles. The van der Waals surface area contributed by atoms with Gasteiger partial charge in [0.1, 0.15) is 0 Å². The summed E-state index contributed by atoms with van der Waals surface area (Å²) in [5.74, 6) is -0.173. The Bertz CT molecular complexity index is 759. The number of nitrogens with zero attached hydrogens (tertiary/aromatic N) is 2. The molecule has 23 heavy (non-hydrogen) atoms. The van der Waals surface area contributed by atoms with Crippen molar-refractivity contribution in [2.45, 2.75) is 19.8 Å². The summed E-state index contributed by atoms with van der Waals surface area (Å²) in [6.07, 6.45) is 2.92. The molecule has 1 fully saturated rings. The fourth-order valence-electron chi connectivity index (χ4n) is 2.51. The fraction of sp³-hybridized carbons (Fsp3) is 0.235. The van der Waals surface area contributed by atoms with Crippen molar-refractivity contribution in [3.63, 3.8) is 0 Å². The molecule has 5 nitrogen and oxygen atoms in total. The second-order valence-electron chi connectivity index (χ2n) is 5.46. The Balaban J connectivity index is 1.76. The van der Waals surface area contributed by atoms with Gasteiger partial charge in [-0.1, -0.05) is 11.6 Å². The predicted octanol–water partition coefficient (Wildman–Crippen LogP) is 3.42. The molecule has 2 aromatic rings. The molecule has 1 aliphatic heterocycles. The number of aryl methyl sites for hydroxylation is 1. The summed E-state index contributed by atoms with van der Waals surface area (Å²) in [5.41, 5.74) is 2.59. The van der Waals surface area contributed by atoms with E-state index in [0.29, 0.717) is 34.9 Å². The summed E-state index contributed by atoms with van der Waals surface area (Å²) >= 11 is 6.27. The van der Waals surface area contributed by atoms with E-state index in [0.717, 1.165) is 12.1 Å². The third-order valence-electron chi connectivity index (χ3n) is 3.74. The first-order chi connectivity index (χ1) is 11.0. The largest absolute Gasteiger partial charge is 0.322 e. The zero-order chi connectivity index (χ0) is 16.4. The maximum atomic E-state index is 12.2. The summed E-state index contributed by atoms with van der Waals surface area (Å²) in [5, 5.41) is 3.23. The Labute approximate surface area is 139 Å². The normalized spacial score (nSPS) is 14.2. The van der Waals surface area contributed by atoms with E-state index in [2.05, 4.69) is 10.3 Å². The average molecular weight is 330 g/mol. The maximum Gasteiger partial charge on any atom is 0.257 e. The number of aromatic nitrogens is 1. The number of benzene rings is 1. The SMILES string of the molecule is Cc1ccc(C(=O)Nc2ccc(N3CCCC3=O)c(Cl)c2)cn1. The number of hydrogen-bond acceptors (Lipinski definition) is 3. The number of carbonyl (C=O) groups is 2. The monoisotopic (exact) mass is 329 g/mol. The van der Waals surface area contributed by atoms with Crippen LogP contribution in [0.4, 0.5) is 11.4 Å². The van der Waals surface area contributed by atoms with Crippen molar-refractivity contribution in [2.75, 3.05) is 16.8 Å². The molecule has 0 saturated carbocycles. The van der Waals surface area contributed by atoms with Crippen molar-refractivity contribution in [2.24, 2.45) is 0 Å². The lowest BCUT2D eigenvalue weighted by Crippen LogP contribution is -2.24. The molecule has 2 heterocycles. The van der Waals surface area contributed by atoms with E-state index >= 15 is 0 Å². The van der Waals surface area contributed by atoms with E-state index in [4.69, 9.17) is 11.6 Å². The van der Waals surface area contributed by atoms with E-state index < -0.39 is 0 Å². The molecule has 3 rings (SSSR count). The number of anilines is 2. The minimum Gasteiger partial charge on any atom is -0.322 e. The van der Waals surface area contributed by atoms with Crippen LogP contribution in [0.1, 0.15) is 28.9 Å². The highest BCUT2D eigenvalue weighted by atomic mass is 35.5. The Kier molecular flexibility index (Phi) is 4.30. The van der Waals surface area contributed by atoms with Gasteiger partial charge in [-0.3, -0.25) is 14.6 Å². The van der Waals surface area contributed by atoms with Crippen molar-refractivity contribution >= 4 is 34.8 Å². The van der Waals surface area contributed by atoms with Crippen LogP contribution >= 0.6 is 11.6 Å². The molecular formula is C17H16ClN3O2. The second-order valence-corrected chi connectivity index (χ2v) is 5.86. The van der Waals surface area contributed by atoms with Crippen LogP contribution in [0.25, 0.3) is 0 Å². The molecule has 0 unspecified atom stereocenters. The van der Waals surface area contributed by atoms with Crippen LogP contribution in [0.15, 0.2) is 36.5 Å². The van der Waals surface area contributed by atoms with Crippen molar-refractivity contribution in [3.05, 3.63) is 52.8 Å². The van der Waals surface area contributed by atoms with Gasteiger partial charge in [0.2, 0.25) is 5.91 Å². The topological polar surface area (TPSA) is 62.3 Å². The van der Waals surface area contributed by atoms with Crippen LogP contribution < -0.4 is 10.2 Å². The molecule has 2 amide bonds. The van der Waals surface area contributed by atoms with E-state index in [9.17, 15) is 9.59 Å². The van der Waals surface area contributed by atoms with Crippen LogP contribution in [-0.4, -0.2) is 23.3 Å². The number of carbonyl (C=O) groups excluding carboxylic acids is 2. The molecule has 1 aliphatic rings. The third kappa shape index (κ3) is 3.35. The molecule has 0 aliphatic carbocycles. The summed E-state index contributed by atoms with van der Waals surface area (Å²) in [7, 11) is 0. The molecule has 1 saturated heterocycles. The van der Waals surface area contributed by atoms with Crippen LogP contribution in [0.2, 0.25) is 5.02 Å². The number of hydrogen-bond donors (Lipinski definition) is 1. The van der Waals surface area contributed by atoms with Crippen LogP contribution in [0.3, 0.4) is 0 Å². The van der Waals surface area contributed by atoms with Gasteiger partial charge in [-0.05, 0) is 43.7 Å². The molecule has 118 valence electrons. The Morgan fingerprint density at radius 1 is 1.30 bits per heavy atom. The van der Waals surface area contributed by atoms with Gasteiger partial charge >= 0.3 is 0 Å². The van der Waals surface area contributed by atoms with Gasteiger partial charge in [0.15, 0.2) is 0 Å². The second kappa shape index (κ2) is 6.38. The van der Waals surface area contributed by atoms with Crippen molar-refractivity contribution in [3.8, 4) is 0 Å². The van der Waals surface area contributed by atoms with Crippen molar-refractivity contribution in [1.82, 2.24) is 4.98 Å². The quantitative estimate of drug-likeness (QED) is 0.938. The highest BCUT2D eigenvalue weighted by molar-refractivity contribution is 6.34. The lowest BCUT2D eigenvalue weighted by Gasteiger charge is -2.18. The first-order valence-corrected chi connectivity index (χ1v) is 7.76. The molecule has 6 heteroatoms. The Morgan fingerprint density at radius 3 is 2.74 bits per heavy atom. The van der Waals surface area contributed by atoms with Gasteiger partial charge in [-0.25, -0.2) is 0 Å². The number of amides is 2. The van der Waals surface area contributed by atoms with Gasteiger partial charge in [0, 0.05) is 30.5 Å². The maximum absolute atomic E-state index is 12.2. The zero-order valence-corrected chi connectivity index (χ0v) is 13.4. The third-order valence-corrected chi connectivity index (χ3v) is 4.05. The predicted molar refractivity (Wildman–Crippen MR) is 90.0 cm³/mol. The molecule has 1 N–H and O–H groups in total. The number of pyridine rings is 1. The fourth-order valence-corrected chi connectivity index (χ4v) is 2.79. The summed E-state index contributed by atoms with van der Waals surface area (Å²) in [6, 6.07) is 8.66. The van der Waals surface area contributed by atoms with Crippen molar-refractivity contribution in [1.29, 1.82) is 0 Å². The number of nitrogens with one attached hydrogen (secondary N) is 1. The van der Waals surface area contributed by atoms with Crippen LogP contribution in [-0.2, 0) is 4.79 Å². The molecule has 0 spiro atoms. The molecule has 0 atom stereocenters. The van der Waals surface area contributed by atoms with E-state index in [1.54, 1.807) is 35.2 Å². The highest BCUT2D eigenvalue weighted by Gasteiger charge is 2.23. The smallest absolute Gasteiger partial charge is 0.257 e. The van der Waals surface area contributed by atoms with Gasteiger partial charge in [0.25, 0.3) is 5.91 Å². The minimum absolute atomic E-state index is 0.0782. The van der Waals surface area contributed by atoms with Gasteiger partial charge in [-0.2, -0.15) is 0 Å². The van der Waals surface area contributed by atoms with Gasteiger partial charge in [-0.15, -0.1) is 0 Å². The summed E-state index contributed by atoms with van der Waals surface area (Å²) in [4.78, 5) is 29.7. The van der Waals surface area contributed by atoms with Crippen LogP contribution in [0, 0.1) is 6.92 Å². The molecule has 0 bridgehead atoms. The van der Waals surface area contributed by atoms with E-state index in [1.807, 2.05) is 6.92 Å². The Morgan fingerprint density at radius 2 is 2.13 bits per heavy atom. The zero-order valence-electron chi connectivity index (χ0n) is 12.7. The lowest BCUT2D eigenvalue weighted by molar-refractivity contribution is -0.117. The molecule has 1 aromatic heterocycles. The molecule has 0 radical (unpaired) electrons.